The molecule has 1 amide bonds. The molecule has 0 unspecified atom stereocenters. The van der Waals surface area contributed by atoms with E-state index in [0.29, 0.717) is 17.7 Å². The van der Waals surface area contributed by atoms with Gasteiger partial charge < -0.3 is 5.11 Å². The number of halogens is 1. The van der Waals surface area contributed by atoms with Crippen LogP contribution in [-0.2, 0) is 14.8 Å². The van der Waals surface area contributed by atoms with Crippen molar-refractivity contribution in [2.24, 2.45) is 5.10 Å². The third kappa shape index (κ3) is 3.99. The molecule has 7 nitrogen and oxygen atoms in total. The summed E-state index contributed by atoms with van der Waals surface area (Å²) in [6.07, 6.45) is 0.347. The monoisotopic (exact) mass is 391 g/mol. The maximum Gasteiger partial charge on any atom is 0.255 e. The molecule has 1 atom stereocenters. The zero-order chi connectivity index (χ0) is 19.6. The van der Waals surface area contributed by atoms with E-state index in [2.05, 4.69) is 15.2 Å². The number of phenolic OH excluding ortho intramolecular Hbond substituents is 1. The molecule has 0 saturated carbocycles. The first-order valence-corrected chi connectivity index (χ1v) is 9.69. The molecular weight excluding hydrogens is 373 g/mol. The Balaban J connectivity index is 1.68. The molecule has 0 spiro atoms. The number of sulfonamides is 1. The van der Waals surface area contributed by atoms with Crippen LogP contribution in [0.5, 0.6) is 5.75 Å². The molecule has 0 aliphatic heterocycles. The number of carbonyl (C=O) groups is 1. The van der Waals surface area contributed by atoms with Crippen LogP contribution in [0, 0.1) is 5.82 Å². The van der Waals surface area contributed by atoms with E-state index < -0.39 is 28.3 Å². The topological polar surface area (TPSA) is 108 Å². The summed E-state index contributed by atoms with van der Waals surface area (Å²) in [5.74, 6) is -1.44. The van der Waals surface area contributed by atoms with Gasteiger partial charge in [-0.15, -0.1) is 0 Å². The van der Waals surface area contributed by atoms with Gasteiger partial charge in [0.05, 0.1) is 17.2 Å². The fraction of sp³-hybridized carbons (Fsp3) is 0.222. The first-order valence-electron chi connectivity index (χ1n) is 8.21. The Morgan fingerprint density at radius 3 is 2.67 bits per heavy atom. The number of rotatable bonds is 5. The molecule has 3 N–H and O–H groups in total. The van der Waals surface area contributed by atoms with Gasteiger partial charge >= 0.3 is 0 Å². The third-order valence-electron chi connectivity index (χ3n) is 4.24. The Morgan fingerprint density at radius 2 is 1.96 bits per heavy atom. The summed E-state index contributed by atoms with van der Waals surface area (Å²) >= 11 is 0. The van der Waals surface area contributed by atoms with Crippen LogP contribution >= 0.6 is 0 Å². The second-order valence-corrected chi connectivity index (χ2v) is 7.96. The van der Waals surface area contributed by atoms with Crippen molar-refractivity contribution in [2.75, 3.05) is 6.54 Å². The van der Waals surface area contributed by atoms with Crippen molar-refractivity contribution in [3.63, 3.8) is 0 Å². The molecule has 2 aromatic carbocycles. The minimum atomic E-state index is -3.81. The van der Waals surface area contributed by atoms with Gasteiger partial charge in [-0.1, -0.05) is 25.1 Å². The van der Waals surface area contributed by atoms with Gasteiger partial charge in [0, 0.05) is 11.1 Å². The van der Waals surface area contributed by atoms with Gasteiger partial charge in [-0.05, 0) is 36.6 Å². The van der Waals surface area contributed by atoms with Gasteiger partial charge in [0.25, 0.3) is 5.91 Å². The average Bonchev–Trinajstić information content (AvgIpc) is 3.00. The Morgan fingerprint density at radius 1 is 1.26 bits per heavy atom. The standard InChI is InChI=1S/C18H18FN3O4S/c1-11-9-14(18-15(23)8-7-13(19)17(11)18)21-22-16(24)10-20-27(25,26)12-5-3-2-4-6-12/h2-8,11,20,23H,9-10H2,1H3,(H,22,24)/b21-14+/t11-/m0/s1. The molecule has 142 valence electrons. The number of nitrogens with zero attached hydrogens (tertiary/aromatic N) is 1. The molecule has 0 heterocycles. The van der Waals surface area contributed by atoms with Crippen LogP contribution in [0.2, 0.25) is 0 Å². The van der Waals surface area contributed by atoms with E-state index in [4.69, 9.17) is 0 Å². The number of hydrazone groups is 1. The smallest absolute Gasteiger partial charge is 0.255 e. The number of phenols is 1. The van der Waals surface area contributed by atoms with Crippen molar-refractivity contribution in [2.45, 2.75) is 24.2 Å². The Labute approximate surface area is 156 Å². The number of nitrogens with one attached hydrogen (secondary N) is 2. The predicted molar refractivity (Wildman–Crippen MR) is 97.4 cm³/mol. The summed E-state index contributed by atoms with van der Waals surface area (Å²) in [6, 6.07) is 10.1. The lowest BCUT2D eigenvalue weighted by molar-refractivity contribution is -0.119. The number of hydrogen-bond acceptors (Lipinski definition) is 5. The minimum absolute atomic E-state index is 0.0445. The number of carbonyl (C=O) groups excluding carboxylic acids is 1. The molecule has 27 heavy (non-hydrogen) atoms. The summed E-state index contributed by atoms with van der Waals surface area (Å²) in [6.45, 7) is 1.28. The zero-order valence-electron chi connectivity index (χ0n) is 14.4. The molecule has 1 aliphatic rings. The van der Waals surface area contributed by atoms with Gasteiger partial charge in [0.2, 0.25) is 10.0 Å². The lowest BCUT2D eigenvalue weighted by atomic mass is 10.0. The Hall–Kier alpha value is -2.78. The number of aromatic hydroxyl groups is 1. The Kier molecular flexibility index (Phi) is 5.24. The van der Waals surface area contributed by atoms with Crippen LogP contribution in [-0.4, -0.2) is 31.7 Å². The molecule has 3 rings (SSSR count). The van der Waals surface area contributed by atoms with Gasteiger partial charge in [-0.2, -0.15) is 5.10 Å². The number of amides is 1. The van der Waals surface area contributed by atoms with E-state index in [1.54, 1.807) is 25.1 Å². The van der Waals surface area contributed by atoms with Gasteiger partial charge in [0.15, 0.2) is 0 Å². The summed E-state index contributed by atoms with van der Waals surface area (Å²) in [7, 11) is -3.81. The average molecular weight is 391 g/mol. The number of hydrogen-bond donors (Lipinski definition) is 3. The maximum absolute atomic E-state index is 14.0. The van der Waals surface area contributed by atoms with Crippen LogP contribution in [0.15, 0.2) is 52.5 Å². The van der Waals surface area contributed by atoms with Crippen molar-refractivity contribution in [1.82, 2.24) is 10.1 Å². The second-order valence-electron chi connectivity index (χ2n) is 6.19. The largest absolute Gasteiger partial charge is 0.507 e. The van der Waals surface area contributed by atoms with Gasteiger partial charge in [-0.25, -0.2) is 23.0 Å². The lowest BCUT2D eigenvalue weighted by Gasteiger charge is -2.07. The predicted octanol–water partition coefficient (Wildman–Crippen LogP) is 1.84. The van der Waals surface area contributed by atoms with Crippen molar-refractivity contribution < 1.29 is 22.7 Å². The highest BCUT2D eigenvalue weighted by Gasteiger charge is 2.30. The lowest BCUT2D eigenvalue weighted by Crippen LogP contribution is -2.35. The molecule has 0 bridgehead atoms. The van der Waals surface area contributed by atoms with Crippen LogP contribution in [0.1, 0.15) is 30.4 Å². The zero-order valence-corrected chi connectivity index (χ0v) is 15.3. The van der Waals surface area contributed by atoms with Crippen LogP contribution in [0.4, 0.5) is 4.39 Å². The second kappa shape index (κ2) is 7.45. The fourth-order valence-electron chi connectivity index (χ4n) is 2.98. The first kappa shape index (κ1) is 19.0. The van der Waals surface area contributed by atoms with Crippen molar-refractivity contribution in [3.8, 4) is 5.75 Å². The quantitative estimate of drug-likeness (QED) is 0.676. The minimum Gasteiger partial charge on any atom is -0.507 e. The molecular formula is C18H18FN3O4S. The van der Waals surface area contributed by atoms with Crippen LogP contribution < -0.4 is 10.1 Å². The van der Waals surface area contributed by atoms with E-state index in [0.717, 1.165) is 0 Å². The maximum atomic E-state index is 14.0. The Bertz CT molecular complexity index is 1010. The normalized spacial score (nSPS) is 17.7. The van der Waals surface area contributed by atoms with Crippen LogP contribution in [0.25, 0.3) is 0 Å². The molecule has 0 saturated heterocycles. The summed E-state index contributed by atoms with van der Waals surface area (Å²) in [5.41, 5.74) is 3.21. The van der Waals surface area contributed by atoms with E-state index in [9.17, 15) is 22.7 Å². The highest BCUT2D eigenvalue weighted by molar-refractivity contribution is 7.89. The van der Waals surface area contributed by atoms with E-state index >= 15 is 0 Å². The first-order chi connectivity index (χ1) is 12.8. The van der Waals surface area contributed by atoms with E-state index in [1.165, 1.54) is 24.3 Å². The number of fused-ring (bicyclic) bond motifs is 1. The van der Waals surface area contributed by atoms with Crippen molar-refractivity contribution in [1.29, 1.82) is 0 Å². The number of benzene rings is 2. The summed E-state index contributed by atoms with van der Waals surface area (Å²) < 4.78 is 40.3. The molecule has 9 heteroatoms. The van der Waals surface area contributed by atoms with Gasteiger partial charge in [0.1, 0.15) is 11.6 Å². The van der Waals surface area contributed by atoms with Crippen molar-refractivity contribution in [3.05, 3.63) is 59.4 Å². The van der Waals surface area contributed by atoms with Gasteiger partial charge in [-0.3, -0.25) is 4.79 Å². The highest BCUT2D eigenvalue weighted by atomic mass is 32.2. The van der Waals surface area contributed by atoms with E-state index in [1.807, 2.05) is 0 Å². The molecule has 2 aromatic rings. The SMILES string of the molecule is C[C@H]1C/C(=N\NC(=O)CNS(=O)(=O)c2ccccc2)c2c(O)ccc(F)c21. The third-order valence-corrected chi connectivity index (χ3v) is 5.66. The van der Waals surface area contributed by atoms with Crippen LogP contribution in [0.3, 0.4) is 0 Å². The van der Waals surface area contributed by atoms with Crippen molar-refractivity contribution >= 4 is 21.6 Å². The molecule has 0 aromatic heterocycles. The fourth-order valence-corrected chi connectivity index (χ4v) is 3.98. The molecule has 0 fully saturated rings. The molecule has 0 radical (unpaired) electrons. The molecule has 1 aliphatic carbocycles. The highest BCUT2D eigenvalue weighted by Crippen LogP contribution is 2.39. The van der Waals surface area contributed by atoms with E-state index in [-0.39, 0.29) is 22.1 Å². The summed E-state index contributed by atoms with van der Waals surface area (Å²) in [4.78, 5) is 12.0. The summed E-state index contributed by atoms with van der Waals surface area (Å²) in [5, 5.41) is 13.9.